The fraction of sp³-hybridized carbons (Fsp3) is 0.429. The van der Waals surface area contributed by atoms with Crippen molar-refractivity contribution in [3.8, 4) is 0 Å². The van der Waals surface area contributed by atoms with Crippen molar-refractivity contribution in [1.82, 2.24) is 0 Å². The van der Waals surface area contributed by atoms with Crippen LogP contribution in [0.25, 0.3) is 0 Å². The van der Waals surface area contributed by atoms with Crippen molar-refractivity contribution >= 4 is 9.24 Å². The van der Waals surface area contributed by atoms with Gasteiger partial charge in [-0.05, 0) is 0 Å². The largest absolute Gasteiger partial charge is 0.394 e. The monoisotopic (exact) mass is 219 g/mol. The van der Waals surface area contributed by atoms with E-state index in [4.69, 9.17) is 13.2 Å². The van der Waals surface area contributed by atoms with Gasteiger partial charge in [0.05, 0.1) is 0 Å². The van der Waals surface area contributed by atoms with Crippen LogP contribution < -0.4 is 0 Å². The summed E-state index contributed by atoms with van der Waals surface area (Å²) in [7, 11) is 2.42. The van der Waals surface area contributed by atoms with Crippen molar-refractivity contribution in [3.63, 3.8) is 0 Å². The van der Waals surface area contributed by atoms with Gasteiger partial charge in [0, 0.05) is 32.7 Å². The van der Waals surface area contributed by atoms with Crippen molar-refractivity contribution in [3.05, 3.63) is 25.3 Å². The molecule has 0 fully saturated rings. The number of hydrogen-bond acceptors (Lipinski definition) is 0. The van der Waals surface area contributed by atoms with Gasteiger partial charge in [0.1, 0.15) is 0 Å². The summed E-state index contributed by atoms with van der Waals surface area (Å²) in [6.45, 7) is 15.4. The average molecular weight is 219 g/mol. The summed E-state index contributed by atoms with van der Waals surface area (Å²) in [6, 6.07) is 0. The Morgan fingerprint density at radius 2 is 1.11 bits per heavy atom. The quantitative estimate of drug-likeness (QED) is 0.361. The first-order valence-electron chi connectivity index (χ1n) is 2.58. The smallest absolute Gasteiger partial charge is 0 e. The summed E-state index contributed by atoms with van der Waals surface area (Å²) in [4.78, 5) is 0. The maximum absolute atomic E-state index is 4.72. The van der Waals surface area contributed by atoms with Gasteiger partial charge >= 0.3 is 0 Å². The van der Waals surface area contributed by atoms with Gasteiger partial charge in [0.25, 0.3) is 0 Å². The van der Waals surface area contributed by atoms with E-state index < -0.39 is 0 Å². The van der Waals surface area contributed by atoms with E-state index in [9.17, 15) is 0 Å². The molecule has 1 radical (unpaired) electrons. The van der Waals surface area contributed by atoms with Gasteiger partial charge in [0.2, 0.25) is 0 Å². The Kier molecular flexibility index (Phi) is 159. The van der Waals surface area contributed by atoms with Gasteiger partial charge in [-0.1, -0.05) is 20.5 Å². The van der Waals surface area contributed by atoms with E-state index in [1.807, 2.05) is 20.5 Å². The summed E-state index contributed by atoms with van der Waals surface area (Å²) in [5.41, 5.74) is 0. The van der Waals surface area contributed by atoms with Crippen molar-refractivity contribution in [2.75, 3.05) is 6.66 Å². The molecule has 0 saturated heterocycles. The minimum absolute atomic E-state index is 0. The van der Waals surface area contributed by atoms with E-state index in [1.165, 1.54) is 12.2 Å². The molecular weight excluding hydrogens is 204 g/mol. The summed E-state index contributed by atoms with van der Waals surface area (Å²) >= 11 is 0. The van der Waals surface area contributed by atoms with E-state index in [2.05, 4.69) is 9.24 Å². The zero-order valence-electron chi connectivity index (χ0n) is 6.46. The van der Waals surface area contributed by atoms with Gasteiger partial charge in [0.15, 0.2) is 0 Å². The van der Waals surface area contributed by atoms with Gasteiger partial charge in [-0.2, -0.15) is 0 Å². The summed E-state index contributed by atoms with van der Waals surface area (Å²) < 4.78 is 0. The van der Waals surface area contributed by atoms with Crippen molar-refractivity contribution in [2.45, 2.75) is 13.8 Å². The predicted molar refractivity (Wildman–Crippen MR) is 44.7 cm³/mol. The molecule has 0 aliphatic rings. The van der Waals surface area contributed by atoms with E-state index in [0.29, 0.717) is 0 Å². The third kappa shape index (κ3) is 109. The molecule has 0 heterocycles. The molecule has 53 valence electrons. The summed E-state index contributed by atoms with van der Waals surface area (Å²) in [5.74, 6) is 0. The fourth-order valence-electron chi connectivity index (χ4n) is 0. The van der Waals surface area contributed by atoms with Crippen LogP contribution in [0.3, 0.4) is 0 Å². The maximum atomic E-state index is 4.72. The molecule has 0 aromatic rings. The summed E-state index contributed by atoms with van der Waals surface area (Å²) in [5, 5.41) is 0. The first-order valence-corrected chi connectivity index (χ1v) is 3.73. The zero-order valence-corrected chi connectivity index (χ0v) is 10.5. The molecule has 0 bridgehead atoms. The van der Waals surface area contributed by atoms with Gasteiger partial charge in [-0.15, -0.1) is 9.24 Å². The van der Waals surface area contributed by atoms with Crippen molar-refractivity contribution in [1.29, 1.82) is 0 Å². The molecule has 0 saturated carbocycles. The molecule has 0 N–H and O–H groups in total. The number of hydrogen-bond donors (Lipinski definition) is 0. The van der Waals surface area contributed by atoms with Crippen LogP contribution in [0.1, 0.15) is 13.8 Å². The Labute approximate surface area is 87.3 Å². The van der Waals surface area contributed by atoms with Crippen molar-refractivity contribution < 1.29 is 32.7 Å². The van der Waals surface area contributed by atoms with Crippen LogP contribution in [0.2, 0.25) is 0 Å². The van der Waals surface area contributed by atoms with E-state index in [-0.39, 0.29) is 32.7 Å². The number of allylic oxidation sites excluding steroid dienone is 2. The van der Waals surface area contributed by atoms with Crippen LogP contribution in [-0.4, -0.2) is 6.66 Å². The molecule has 0 amide bonds. The molecule has 1 unspecified atom stereocenters. The fourth-order valence-corrected chi connectivity index (χ4v) is 0. The first kappa shape index (κ1) is 22.5. The third-order valence-corrected chi connectivity index (χ3v) is 0.111. The minimum Gasteiger partial charge on any atom is -0.394 e. The predicted octanol–water partition coefficient (Wildman–Crippen LogP) is 2.48. The van der Waals surface area contributed by atoms with Crippen LogP contribution in [0.15, 0.2) is 12.2 Å². The number of rotatable bonds is 1. The molecule has 0 aliphatic carbocycles. The van der Waals surface area contributed by atoms with E-state index in [1.54, 1.807) is 0 Å². The molecule has 0 aromatic carbocycles. The topological polar surface area (TPSA) is 0 Å². The normalized spacial score (nSPS) is 3.56. The van der Waals surface area contributed by atoms with Crippen LogP contribution in [0.5, 0.6) is 0 Å². The Bertz CT molecular complexity index is 29.9. The third-order valence-electron chi connectivity index (χ3n) is 0.111. The van der Waals surface area contributed by atoms with Crippen LogP contribution >= 0.6 is 9.24 Å². The maximum Gasteiger partial charge on any atom is 0 e. The molecular formula is C7H15PY-2. The van der Waals surface area contributed by atoms with Crippen LogP contribution in [-0.2, 0) is 32.7 Å². The van der Waals surface area contributed by atoms with Crippen LogP contribution in [0.4, 0.5) is 0 Å². The van der Waals surface area contributed by atoms with Gasteiger partial charge < -0.3 is 25.3 Å². The Balaban J connectivity index is -0.0000000221. The second kappa shape index (κ2) is 63.7. The van der Waals surface area contributed by atoms with Crippen LogP contribution in [0, 0.1) is 13.2 Å². The first-order chi connectivity index (χ1) is 3.91. The average Bonchev–Trinajstić information content (AvgIpc) is 1.96. The Hall–Kier alpha value is 1.01. The molecule has 9 heavy (non-hydrogen) atoms. The Morgan fingerprint density at radius 1 is 1.00 bits per heavy atom. The van der Waals surface area contributed by atoms with E-state index >= 15 is 0 Å². The second-order valence-electron chi connectivity index (χ2n) is 0.385. The standard InChI is InChI=1S/C4H4.C2H6.CH5P.Y/c1-3-4-2;2*1-2;/h1-4H;1-2H3;2H2,1H3;/q-2;;;. The summed E-state index contributed by atoms with van der Waals surface area (Å²) in [6.07, 6.45) is 2.56. The zero-order chi connectivity index (χ0) is 7.41. The van der Waals surface area contributed by atoms with Gasteiger partial charge in [-0.3, -0.25) is 0 Å². The molecule has 0 aromatic heterocycles. The minimum atomic E-state index is 0. The SMILES string of the molecule is CC.CP.[CH-]=CC=[CH-].[Y]. The van der Waals surface area contributed by atoms with Gasteiger partial charge in [-0.25, -0.2) is 0 Å². The second-order valence-corrected chi connectivity index (χ2v) is 0.385. The molecule has 0 spiro atoms. The van der Waals surface area contributed by atoms with Crippen molar-refractivity contribution in [2.24, 2.45) is 0 Å². The Morgan fingerprint density at radius 3 is 1.11 bits per heavy atom. The molecule has 0 aliphatic heterocycles. The molecule has 2 heteroatoms. The molecule has 0 rings (SSSR count). The molecule has 1 atom stereocenters. The molecule has 0 nitrogen and oxygen atoms in total. The van der Waals surface area contributed by atoms with E-state index in [0.717, 1.165) is 0 Å².